The Labute approximate surface area is 66.4 Å². The number of benzene rings is 1. The van der Waals surface area contributed by atoms with Crippen LogP contribution in [0, 0.1) is 6.92 Å². The molecule has 0 bridgehead atoms. The van der Waals surface area contributed by atoms with Crippen molar-refractivity contribution in [2.45, 2.75) is 6.92 Å². The second-order valence-corrected chi connectivity index (χ2v) is 3.06. The van der Waals surface area contributed by atoms with Crippen molar-refractivity contribution in [3.8, 4) is 0 Å². The van der Waals surface area contributed by atoms with E-state index in [9.17, 15) is 9.36 Å². The summed E-state index contributed by atoms with van der Waals surface area (Å²) in [6, 6.07) is 7.16. The van der Waals surface area contributed by atoms with Gasteiger partial charge in [0.2, 0.25) is 5.52 Å². The zero-order valence-electron chi connectivity index (χ0n) is 6.20. The van der Waals surface area contributed by atoms with Gasteiger partial charge in [-0.1, -0.05) is 24.3 Å². The van der Waals surface area contributed by atoms with Gasteiger partial charge in [0.05, 0.1) is 0 Å². The van der Waals surface area contributed by atoms with Crippen molar-refractivity contribution in [3.63, 3.8) is 0 Å². The van der Waals surface area contributed by atoms with Gasteiger partial charge in [-0.3, -0.25) is 4.79 Å². The van der Waals surface area contributed by atoms with E-state index in [0.29, 0.717) is 5.56 Å². The number of rotatable bonds is 2. The van der Waals surface area contributed by atoms with E-state index in [1.165, 1.54) is 0 Å². The fourth-order valence-corrected chi connectivity index (χ4v) is 1.36. The van der Waals surface area contributed by atoms with Gasteiger partial charge in [0.15, 0.2) is 0 Å². The first-order valence-electron chi connectivity index (χ1n) is 3.31. The maximum absolute atomic E-state index is 11.0. The highest BCUT2D eigenvalue weighted by Crippen LogP contribution is 2.13. The van der Waals surface area contributed by atoms with Gasteiger partial charge < -0.3 is 4.57 Å². The van der Waals surface area contributed by atoms with Gasteiger partial charge in [-0.2, -0.15) is 0 Å². The lowest BCUT2D eigenvalue weighted by Gasteiger charge is -1.97. The molecule has 1 unspecified atom stereocenters. The van der Waals surface area contributed by atoms with Crippen LogP contribution in [0.25, 0.3) is 0 Å². The second kappa shape index (κ2) is 3.49. The molecule has 0 aromatic heterocycles. The van der Waals surface area contributed by atoms with E-state index in [4.69, 9.17) is 0 Å². The van der Waals surface area contributed by atoms with Gasteiger partial charge in [-0.25, -0.2) is 0 Å². The highest BCUT2D eigenvalue weighted by Gasteiger charge is 2.03. The summed E-state index contributed by atoms with van der Waals surface area (Å²) in [5.41, 5.74) is 1.22. The molecule has 0 spiro atoms. The quantitative estimate of drug-likeness (QED) is 0.632. The fraction of sp³-hybridized carbons (Fsp3) is 0.125. The molecule has 0 radical (unpaired) electrons. The molecule has 11 heavy (non-hydrogen) atoms. The van der Waals surface area contributed by atoms with E-state index >= 15 is 0 Å². The van der Waals surface area contributed by atoms with E-state index in [1.807, 2.05) is 19.1 Å². The van der Waals surface area contributed by atoms with E-state index < -0.39 is 8.46 Å². The second-order valence-electron chi connectivity index (χ2n) is 2.30. The largest absolute Gasteiger partial charge is 0.322 e. The highest BCUT2D eigenvalue weighted by molar-refractivity contribution is 7.47. The lowest BCUT2D eigenvalue weighted by molar-refractivity contribution is 0.108. The zero-order valence-corrected chi connectivity index (χ0v) is 7.36. The van der Waals surface area contributed by atoms with Crippen molar-refractivity contribution in [2.24, 2.45) is 0 Å². The van der Waals surface area contributed by atoms with Gasteiger partial charge in [0, 0.05) is 5.56 Å². The van der Waals surface area contributed by atoms with Crippen LogP contribution in [0.1, 0.15) is 15.9 Å². The molecular weight excluding hydrogens is 159 g/mol. The molecule has 1 atom stereocenters. The molecule has 1 rings (SSSR count). The van der Waals surface area contributed by atoms with Crippen molar-refractivity contribution in [3.05, 3.63) is 35.4 Å². The monoisotopic (exact) mass is 168 g/mol. The van der Waals surface area contributed by atoms with Crippen LogP contribution in [0.15, 0.2) is 24.3 Å². The molecule has 0 aliphatic carbocycles. The lowest BCUT2D eigenvalue weighted by Crippen LogP contribution is -1.91. The van der Waals surface area contributed by atoms with Crippen molar-refractivity contribution in [1.82, 2.24) is 0 Å². The van der Waals surface area contributed by atoms with Crippen LogP contribution in [0.4, 0.5) is 0 Å². The van der Waals surface area contributed by atoms with Crippen molar-refractivity contribution in [1.29, 1.82) is 0 Å². The maximum atomic E-state index is 11.0. The third-order valence-corrected chi connectivity index (χ3v) is 2.04. The molecule has 0 amide bonds. The normalized spacial score (nSPS) is 10.6. The van der Waals surface area contributed by atoms with Gasteiger partial charge in [-0.15, -0.1) is 0 Å². The van der Waals surface area contributed by atoms with Crippen LogP contribution < -0.4 is 0 Å². The molecule has 0 aliphatic rings. The van der Waals surface area contributed by atoms with Crippen LogP contribution >= 0.6 is 8.46 Å². The highest BCUT2D eigenvalue weighted by atomic mass is 31.1. The molecule has 58 valence electrons. The Balaban J connectivity index is 3.13. The Kier molecular flexibility index (Phi) is 2.61. The number of aryl methyl sites for hydroxylation is 1. The fourth-order valence-electron chi connectivity index (χ4n) is 0.913. The molecule has 0 N–H and O–H groups in total. The molecule has 0 saturated heterocycles. The first-order chi connectivity index (χ1) is 5.25. The van der Waals surface area contributed by atoms with E-state index in [1.54, 1.807) is 12.1 Å². The van der Waals surface area contributed by atoms with E-state index in [2.05, 4.69) is 0 Å². The minimum absolute atomic E-state index is 0.247. The first-order valence-corrected chi connectivity index (χ1v) is 4.35. The molecule has 1 aromatic carbocycles. The molecule has 2 nitrogen and oxygen atoms in total. The van der Waals surface area contributed by atoms with Crippen LogP contribution in [-0.4, -0.2) is 5.52 Å². The summed E-state index contributed by atoms with van der Waals surface area (Å²) in [7, 11) is -1.33. The third kappa shape index (κ3) is 1.78. The molecule has 3 heteroatoms. The summed E-state index contributed by atoms with van der Waals surface area (Å²) < 4.78 is 10.3. The standard InChI is InChI=1S/C8H9O2P/c1-6-4-2-3-5-7(6)8(9)11-10/h2-5H,11H2,1H3. The Bertz CT molecular complexity index is 294. The van der Waals surface area contributed by atoms with E-state index in [-0.39, 0.29) is 5.52 Å². The number of carbonyl (C=O) groups excluding carboxylic acids is 1. The predicted octanol–water partition coefficient (Wildman–Crippen LogP) is 1.89. The smallest absolute Gasteiger partial charge is 0.215 e. The van der Waals surface area contributed by atoms with Crippen molar-refractivity contribution < 1.29 is 9.36 Å². The molecule has 0 saturated carbocycles. The lowest BCUT2D eigenvalue weighted by atomic mass is 10.1. The predicted molar refractivity (Wildman–Crippen MR) is 45.9 cm³/mol. The van der Waals surface area contributed by atoms with Crippen LogP contribution in [0.5, 0.6) is 0 Å². The summed E-state index contributed by atoms with van der Waals surface area (Å²) in [6.45, 7) is 1.84. The van der Waals surface area contributed by atoms with Crippen molar-refractivity contribution >= 4 is 14.0 Å². The summed E-state index contributed by atoms with van der Waals surface area (Å²) in [6.07, 6.45) is 0. The number of hydrogen-bond donors (Lipinski definition) is 0. The van der Waals surface area contributed by atoms with Crippen LogP contribution in [0.2, 0.25) is 0 Å². The average molecular weight is 168 g/mol. The maximum Gasteiger partial charge on any atom is 0.215 e. The van der Waals surface area contributed by atoms with Gasteiger partial charge in [0.25, 0.3) is 0 Å². The molecule has 0 fully saturated rings. The third-order valence-electron chi connectivity index (χ3n) is 1.52. The molecule has 1 aromatic rings. The van der Waals surface area contributed by atoms with Crippen molar-refractivity contribution in [2.75, 3.05) is 0 Å². The molecule has 0 heterocycles. The minimum atomic E-state index is -1.33. The SMILES string of the molecule is Cc1ccccc1C(=O)[PH2]=O. The summed E-state index contributed by atoms with van der Waals surface area (Å²) in [4.78, 5) is 11.0. The van der Waals surface area contributed by atoms with Crippen LogP contribution in [-0.2, 0) is 4.57 Å². The minimum Gasteiger partial charge on any atom is -0.322 e. The van der Waals surface area contributed by atoms with E-state index in [0.717, 1.165) is 5.56 Å². The Morgan fingerprint density at radius 2 is 2.00 bits per heavy atom. The zero-order chi connectivity index (χ0) is 8.27. The topological polar surface area (TPSA) is 34.1 Å². The molecular formula is C8H9O2P. The average Bonchev–Trinajstić information content (AvgIpc) is 2.04. The Hall–Kier alpha value is -0.880. The van der Waals surface area contributed by atoms with Gasteiger partial charge in [0.1, 0.15) is 8.46 Å². The Morgan fingerprint density at radius 1 is 1.36 bits per heavy atom. The summed E-state index contributed by atoms with van der Waals surface area (Å²) >= 11 is 0. The van der Waals surface area contributed by atoms with Crippen LogP contribution in [0.3, 0.4) is 0 Å². The molecule has 0 aliphatic heterocycles. The van der Waals surface area contributed by atoms with Gasteiger partial charge in [-0.05, 0) is 12.5 Å². The Morgan fingerprint density at radius 3 is 2.55 bits per heavy atom. The first kappa shape index (κ1) is 8.22. The summed E-state index contributed by atoms with van der Waals surface area (Å²) in [5.74, 6) is 0. The number of carbonyl (C=O) groups is 1. The number of hydrogen-bond acceptors (Lipinski definition) is 2. The van der Waals surface area contributed by atoms with Gasteiger partial charge >= 0.3 is 0 Å². The summed E-state index contributed by atoms with van der Waals surface area (Å²) in [5, 5.41) is 0.